The lowest BCUT2D eigenvalue weighted by molar-refractivity contribution is -0.120. The summed E-state index contributed by atoms with van der Waals surface area (Å²) in [4.78, 5) is 13.2. The van der Waals surface area contributed by atoms with Gasteiger partial charge in [-0.2, -0.15) is 5.10 Å². The molecule has 0 heterocycles. The van der Waals surface area contributed by atoms with Crippen LogP contribution < -0.4 is 14.9 Å². The number of nitrogens with one attached hydrogen (secondary N) is 1. The van der Waals surface area contributed by atoms with Gasteiger partial charge in [0.15, 0.2) is 11.5 Å². The number of ether oxygens (including phenoxy) is 2. The second-order valence-corrected chi connectivity index (χ2v) is 7.23. The van der Waals surface area contributed by atoms with Crippen molar-refractivity contribution in [2.75, 3.05) is 13.7 Å². The molecule has 0 unspecified atom stereocenters. The van der Waals surface area contributed by atoms with Crippen LogP contribution in [-0.4, -0.2) is 31.1 Å². The van der Waals surface area contributed by atoms with Gasteiger partial charge in [-0.05, 0) is 49.7 Å². The van der Waals surface area contributed by atoms with Crippen molar-refractivity contribution in [3.8, 4) is 11.5 Å². The number of hydrogen-bond acceptors (Lipinski definition) is 5. The lowest BCUT2D eigenvalue weighted by Gasteiger charge is -2.10. The predicted octanol–water partition coefficient (Wildman–Crippen LogP) is 4.20. The van der Waals surface area contributed by atoms with E-state index < -0.39 is 0 Å². The number of carbonyl (C=O) groups is 1. The first-order valence-corrected chi connectivity index (χ1v) is 9.39. The van der Waals surface area contributed by atoms with Crippen molar-refractivity contribution in [2.45, 2.75) is 24.0 Å². The summed E-state index contributed by atoms with van der Waals surface area (Å²) in [5, 5.41) is 3.78. The molecule has 0 aromatic heterocycles. The first-order valence-electron chi connectivity index (χ1n) is 8.51. The Kier molecular flexibility index (Phi) is 7.95. The highest BCUT2D eigenvalue weighted by atomic mass is 32.2. The SMILES string of the molecule is C=CCOc1ccc(/C=N\NC(=O)[C@H](C)Sc2ccc(C)cc2)cc1OC. The van der Waals surface area contributed by atoms with E-state index in [0.29, 0.717) is 18.1 Å². The third-order valence-electron chi connectivity index (χ3n) is 3.64. The van der Waals surface area contributed by atoms with Gasteiger partial charge in [0, 0.05) is 4.90 Å². The van der Waals surface area contributed by atoms with Gasteiger partial charge in [-0.25, -0.2) is 5.43 Å². The molecule has 0 saturated heterocycles. The minimum absolute atomic E-state index is 0.158. The van der Waals surface area contributed by atoms with E-state index in [4.69, 9.17) is 9.47 Å². The molecule has 5 nitrogen and oxygen atoms in total. The molecule has 27 heavy (non-hydrogen) atoms. The third-order valence-corrected chi connectivity index (χ3v) is 4.75. The Hall–Kier alpha value is -2.73. The number of amides is 1. The molecule has 0 radical (unpaired) electrons. The normalized spacial score (nSPS) is 11.8. The molecule has 0 aliphatic rings. The Morgan fingerprint density at radius 1 is 1.26 bits per heavy atom. The first kappa shape index (κ1) is 20.6. The van der Waals surface area contributed by atoms with E-state index in [1.165, 1.54) is 17.3 Å². The predicted molar refractivity (Wildman–Crippen MR) is 111 cm³/mol. The molecule has 2 aromatic rings. The van der Waals surface area contributed by atoms with Gasteiger partial charge in [0.1, 0.15) is 6.61 Å². The van der Waals surface area contributed by atoms with Gasteiger partial charge in [-0.15, -0.1) is 11.8 Å². The summed E-state index contributed by atoms with van der Waals surface area (Å²) in [6, 6.07) is 13.5. The van der Waals surface area contributed by atoms with Gasteiger partial charge < -0.3 is 9.47 Å². The monoisotopic (exact) mass is 384 g/mol. The van der Waals surface area contributed by atoms with Crippen LogP contribution in [0.4, 0.5) is 0 Å². The highest BCUT2D eigenvalue weighted by molar-refractivity contribution is 8.00. The molecular formula is C21H24N2O3S. The molecule has 1 N–H and O–H groups in total. The minimum Gasteiger partial charge on any atom is -0.493 e. The standard InChI is InChI=1S/C21H24N2O3S/c1-5-12-26-19-11-8-17(13-20(19)25-4)14-22-23-21(24)16(3)27-18-9-6-15(2)7-10-18/h5-11,13-14,16H,1,12H2,2-4H3,(H,23,24)/b22-14-/t16-/m0/s1. The van der Waals surface area contributed by atoms with Crippen LogP contribution in [0.2, 0.25) is 0 Å². The van der Waals surface area contributed by atoms with Gasteiger partial charge in [0.05, 0.1) is 18.6 Å². The lowest BCUT2D eigenvalue weighted by Crippen LogP contribution is -2.26. The van der Waals surface area contributed by atoms with Crippen LogP contribution >= 0.6 is 11.8 Å². The summed E-state index contributed by atoms with van der Waals surface area (Å²) < 4.78 is 10.8. The average molecular weight is 385 g/mol. The topological polar surface area (TPSA) is 59.9 Å². The maximum atomic E-state index is 12.2. The zero-order valence-electron chi connectivity index (χ0n) is 15.8. The summed E-state index contributed by atoms with van der Waals surface area (Å²) >= 11 is 1.49. The zero-order valence-corrected chi connectivity index (χ0v) is 16.6. The number of hydrazone groups is 1. The van der Waals surface area contributed by atoms with Crippen LogP contribution in [0, 0.1) is 6.92 Å². The largest absolute Gasteiger partial charge is 0.493 e. The van der Waals surface area contributed by atoms with Gasteiger partial charge in [0.25, 0.3) is 5.91 Å². The third kappa shape index (κ3) is 6.49. The van der Waals surface area contributed by atoms with Crippen molar-refractivity contribution in [3.63, 3.8) is 0 Å². The van der Waals surface area contributed by atoms with E-state index in [1.54, 1.807) is 31.5 Å². The molecule has 0 fully saturated rings. The van der Waals surface area contributed by atoms with E-state index in [9.17, 15) is 4.79 Å². The number of carbonyl (C=O) groups excluding carboxylic acids is 1. The molecular weight excluding hydrogens is 360 g/mol. The Labute approximate surface area is 164 Å². The van der Waals surface area contributed by atoms with Crippen LogP contribution in [0.3, 0.4) is 0 Å². The van der Waals surface area contributed by atoms with Crippen molar-refractivity contribution < 1.29 is 14.3 Å². The smallest absolute Gasteiger partial charge is 0.253 e. The van der Waals surface area contributed by atoms with E-state index in [-0.39, 0.29) is 11.2 Å². The van der Waals surface area contributed by atoms with E-state index in [2.05, 4.69) is 17.1 Å². The highest BCUT2D eigenvalue weighted by Gasteiger charge is 2.13. The molecule has 1 amide bonds. The summed E-state index contributed by atoms with van der Waals surface area (Å²) in [5.41, 5.74) is 4.55. The van der Waals surface area contributed by atoms with Crippen LogP contribution in [-0.2, 0) is 4.79 Å². The quantitative estimate of drug-likeness (QED) is 0.305. The molecule has 0 saturated carbocycles. The van der Waals surface area contributed by atoms with Crippen molar-refractivity contribution in [2.24, 2.45) is 5.10 Å². The van der Waals surface area contributed by atoms with Crippen molar-refractivity contribution >= 4 is 23.9 Å². The highest BCUT2D eigenvalue weighted by Crippen LogP contribution is 2.27. The first-order chi connectivity index (χ1) is 13.0. The van der Waals surface area contributed by atoms with E-state index >= 15 is 0 Å². The number of methoxy groups -OCH3 is 1. The molecule has 6 heteroatoms. The maximum Gasteiger partial charge on any atom is 0.253 e. The molecule has 0 spiro atoms. The summed E-state index contributed by atoms with van der Waals surface area (Å²) in [6.07, 6.45) is 3.24. The Morgan fingerprint density at radius 3 is 2.67 bits per heavy atom. The van der Waals surface area contributed by atoms with Crippen LogP contribution in [0.5, 0.6) is 11.5 Å². The number of hydrogen-bond donors (Lipinski definition) is 1. The average Bonchev–Trinajstić information content (AvgIpc) is 2.68. The molecule has 0 aliphatic heterocycles. The summed E-state index contributed by atoms with van der Waals surface area (Å²) in [6.45, 7) is 7.91. The van der Waals surface area contributed by atoms with E-state index in [1.807, 2.05) is 44.2 Å². The molecule has 142 valence electrons. The summed E-state index contributed by atoms with van der Waals surface area (Å²) in [5.74, 6) is 1.06. The van der Waals surface area contributed by atoms with Gasteiger partial charge in [0.2, 0.25) is 0 Å². The molecule has 0 bridgehead atoms. The van der Waals surface area contributed by atoms with Gasteiger partial charge >= 0.3 is 0 Å². The lowest BCUT2D eigenvalue weighted by atomic mass is 10.2. The van der Waals surface area contributed by atoms with Gasteiger partial charge in [-0.1, -0.05) is 30.4 Å². The fourth-order valence-corrected chi connectivity index (χ4v) is 3.03. The molecule has 2 rings (SSSR count). The minimum atomic E-state index is -0.255. The van der Waals surface area contributed by atoms with Crippen molar-refractivity contribution in [1.82, 2.24) is 5.43 Å². The Bertz CT molecular complexity index is 804. The molecule has 0 aliphatic carbocycles. The number of thioether (sulfide) groups is 1. The van der Waals surface area contributed by atoms with Gasteiger partial charge in [-0.3, -0.25) is 4.79 Å². The fraction of sp³-hybridized carbons (Fsp3) is 0.238. The van der Waals surface area contributed by atoms with Crippen molar-refractivity contribution in [1.29, 1.82) is 0 Å². The number of rotatable bonds is 9. The van der Waals surface area contributed by atoms with Crippen LogP contribution in [0.1, 0.15) is 18.1 Å². The van der Waals surface area contributed by atoms with Crippen molar-refractivity contribution in [3.05, 3.63) is 66.2 Å². The zero-order chi connectivity index (χ0) is 19.6. The Balaban J connectivity index is 1.92. The second kappa shape index (κ2) is 10.4. The molecule has 1 atom stereocenters. The second-order valence-electron chi connectivity index (χ2n) is 5.82. The fourth-order valence-electron chi connectivity index (χ4n) is 2.17. The van der Waals surface area contributed by atoms with Crippen LogP contribution in [0.15, 0.2) is 65.1 Å². The Morgan fingerprint density at radius 2 is 2.00 bits per heavy atom. The summed E-state index contributed by atoms with van der Waals surface area (Å²) in [7, 11) is 1.57. The molecule has 2 aromatic carbocycles. The number of benzene rings is 2. The maximum absolute atomic E-state index is 12.2. The number of nitrogens with zero attached hydrogens (tertiary/aromatic N) is 1. The van der Waals surface area contributed by atoms with E-state index in [0.717, 1.165) is 10.5 Å². The van der Waals surface area contributed by atoms with Crippen LogP contribution in [0.25, 0.3) is 0 Å². The number of aryl methyl sites for hydroxylation is 1.